The lowest BCUT2D eigenvalue weighted by atomic mass is 10.0. The molecule has 0 spiro atoms. The Kier molecular flexibility index (Phi) is 7.26. The summed E-state index contributed by atoms with van der Waals surface area (Å²) in [4.78, 5) is 28.9. The second-order valence-electron chi connectivity index (χ2n) is 8.31. The number of carbonyl (C=O) groups is 2. The molecule has 10 nitrogen and oxygen atoms in total. The number of nitrogens with one attached hydrogen (secondary N) is 1. The Balaban J connectivity index is 1.51. The summed E-state index contributed by atoms with van der Waals surface area (Å²) in [6.45, 7) is 2.55. The molecule has 0 unspecified atom stereocenters. The number of amides is 2. The average molecular weight is 475 g/mol. The van der Waals surface area contributed by atoms with Crippen LogP contribution in [0.15, 0.2) is 28.9 Å². The number of hydrogen-bond donors (Lipinski definition) is 2. The smallest absolute Gasteiger partial charge is 0.241 e. The molecule has 3 N–H and O–H groups in total. The molecule has 0 bridgehead atoms. The SMILES string of the molecule is CN(CC(=O)NCC(N)=O)Cc1nc(-c2cn(CC3CCOCC3)c3c(Cl)cccc23)no1. The molecule has 0 radical (unpaired) electrons. The normalized spacial score (nSPS) is 14.8. The quantitative estimate of drug-likeness (QED) is 0.483. The first-order valence-electron chi connectivity index (χ1n) is 10.8. The van der Waals surface area contributed by atoms with Gasteiger partial charge >= 0.3 is 0 Å². The molecule has 176 valence electrons. The largest absolute Gasteiger partial charge is 0.381 e. The van der Waals surface area contributed by atoms with Gasteiger partial charge in [0.05, 0.1) is 30.2 Å². The van der Waals surface area contributed by atoms with E-state index in [1.807, 2.05) is 24.4 Å². The summed E-state index contributed by atoms with van der Waals surface area (Å²) in [5, 5.41) is 8.25. The van der Waals surface area contributed by atoms with Crippen LogP contribution >= 0.6 is 11.6 Å². The number of fused-ring (bicyclic) bond motifs is 1. The van der Waals surface area contributed by atoms with E-state index in [-0.39, 0.29) is 25.5 Å². The predicted octanol–water partition coefficient (Wildman–Crippen LogP) is 1.80. The molecular formula is C22H27ClN6O4. The van der Waals surface area contributed by atoms with Crippen LogP contribution in [0.2, 0.25) is 5.02 Å². The van der Waals surface area contributed by atoms with Gasteiger partial charge in [0.25, 0.3) is 0 Å². The Morgan fingerprint density at radius 2 is 2.12 bits per heavy atom. The summed E-state index contributed by atoms with van der Waals surface area (Å²) < 4.78 is 13.1. The molecule has 1 aliphatic heterocycles. The first-order valence-corrected chi connectivity index (χ1v) is 11.2. The topological polar surface area (TPSA) is 129 Å². The number of hydrogen-bond acceptors (Lipinski definition) is 7. The van der Waals surface area contributed by atoms with E-state index in [1.54, 1.807) is 11.9 Å². The average Bonchev–Trinajstić information content (AvgIpc) is 3.38. The fraction of sp³-hybridized carbons (Fsp3) is 0.455. The van der Waals surface area contributed by atoms with Crippen molar-refractivity contribution in [2.24, 2.45) is 11.7 Å². The maximum absolute atomic E-state index is 11.9. The number of benzene rings is 1. The third kappa shape index (κ3) is 5.70. The van der Waals surface area contributed by atoms with Gasteiger partial charge < -0.3 is 24.9 Å². The van der Waals surface area contributed by atoms with E-state index in [0.717, 1.165) is 49.1 Å². The van der Waals surface area contributed by atoms with Crippen LogP contribution in [0, 0.1) is 5.92 Å². The van der Waals surface area contributed by atoms with Crippen LogP contribution in [-0.2, 0) is 27.4 Å². The molecule has 0 aliphatic carbocycles. The summed E-state index contributed by atoms with van der Waals surface area (Å²) in [5.41, 5.74) is 6.84. The highest BCUT2D eigenvalue weighted by Gasteiger charge is 2.21. The fourth-order valence-corrected chi connectivity index (χ4v) is 4.33. The van der Waals surface area contributed by atoms with Crippen LogP contribution < -0.4 is 11.1 Å². The fourth-order valence-electron chi connectivity index (χ4n) is 4.05. The maximum Gasteiger partial charge on any atom is 0.241 e. The zero-order chi connectivity index (χ0) is 23.4. The molecule has 1 fully saturated rings. The van der Waals surface area contributed by atoms with Crippen LogP contribution in [0.3, 0.4) is 0 Å². The van der Waals surface area contributed by atoms with Crippen molar-refractivity contribution >= 4 is 34.3 Å². The van der Waals surface area contributed by atoms with Gasteiger partial charge in [-0.05, 0) is 31.9 Å². The molecule has 1 saturated heterocycles. The number of nitrogens with zero attached hydrogens (tertiary/aromatic N) is 4. The molecular weight excluding hydrogens is 448 g/mol. The minimum Gasteiger partial charge on any atom is -0.381 e. The molecule has 11 heteroatoms. The molecule has 4 rings (SSSR count). The summed E-state index contributed by atoms with van der Waals surface area (Å²) in [7, 11) is 1.74. The van der Waals surface area contributed by atoms with E-state index >= 15 is 0 Å². The highest BCUT2D eigenvalue weighted by molar-refractivity contribution is 6.35. The number of primary amides is 1. The molecule has 0 saturated carbocycles. The number of ether oxygens (including phenoxy) is 1. The lowest BCUT2D eigenvalue weighted by Crippen LogP contribution is -2.39. The Labute approximate surface area is 196 Å². The van der Waals surface area contributed by atoms with Crippen molar-refractivity contribution < 1.29 is 18.8 Å². The predicted molar refractivity (Wildman–Crippen MR) is 122 cm³/mol. The van der Waals surface area contributed by atoms with E-state index in [1.165, 1.54) is 0 Å². The molecule has 2 aromatic heterocycles. The molecule has 1 aliphatic rings. The third-order valence-corrected chi connectivity index (χ3v) is 5.94. The van der Waals surface area contributed by atoms with Crippen molar-refractivity contribution in [3.05, 3.63) is 35.3 Å². The Morgan fingerprint density at radius 1 is 1.33 bits per heavy atom. The van der Waals surface area contributed by atoms with Gasteiger partial charge in [-0.1, -0.05) is 28.9 Å². The number of carbonyl (C=O) groups excluding carboxylic acids is 2. The monoisotopic (exact) mass is 474 g/mol. The molecule has 3 aromatic rings. The summed E-state index contributed by atoms with van der Waals surface area (Å²) in [6, 6.07) is 5.79. The van der Waals surface area contributed by atoms with Crippen LogP contribution in [-0.4, -0.2) is 64.8 Å². The van der Waals surface area contributed by atoms with Crippen molar-refractivity contribution in [3.63, 3.8) is 0 Å². The molecule has 2 amide bonds. The number of aromatic nitrogens is 3. The van der Waals surface area contributed by atoms with E-state index in [4.69, 9.17) is 26.6 Å². The first-order chi connectivity index (χ1) is 15.9. The van der Waals surface area contributed by atoms with Crippen LogP contribution in [0.5, 0.6) is 0 Å². The van der Waals surface area contributed by atoms with Gasteiger partial charge in [-0.15, -0.1) is 0 Å². The Bertz CT molecular complexity index is 1140. The Morgan fingerprint density at radius 3 is 2.88 bits per heavy atom. The van der Waals surface area contributed by atoms with Crippen molar-refractivity contribution in [1.82, 2.24) is 24.9 Å². The van der Waals surface area contributed by atoms with Crippen molar-refractivity contribution in [3.8, 4) is 11.4 Å². The standard InChI is InChI=1S/C22H27ClN6O4/c1-28(12-19(31)25-9-18(24)30)13-20-26-22(27-33-20)16-11-29(10-14-5-7-32-8-6-14)21-15(16)3-2-4-17(21)23/h2-4,11,14H,5-10,12-13H2,1H3,(H2,24,30)(H,25,31). The zero-order valence-electron chi connectivity index (χ0n) is 18.4. The molecule has 33 heavy (non-hydrogen) atoms. The lowest BCUT2D eigenvalue weighted by molar-refractivity contribution is -0.125. The van der Waals surface area contributed by atoms with Crippen LogP contribution in [0.1, 0.15) is 18.7 Å². The highest BCUT2D eigenvalue weighted by atomic mass is 35.5. The number of nitrogens with two attached hydrogens (primary N) is 1. The van der Waals surface area contributed by atoms with Crippen molar-refractivity contribution in [1.29, 1.82) is 0 Å². The maximum atomic E-state index is 11.9. The summed E-state index contributed by atoms with van der Waals surface area (Å²) >= 11 is 6.57. The highest BCUT2D eigenvalue weighted by Crippen LogP contribution is 2.34. The summed E-state index contributed by atoms with van der Waals surface area (Å²) in [6.07, 6.45) is 4.07. The van der Waals surface area contributed by atoms with Gasteiger partial charge in [-0.2, -0.15) is 4.98 Å². The lowest BCUT2D eigenvalue weighted by Gasteiger charge is -2.23. The van der Waals surface area contributed by atoms with Gasteiger partial charge in [0.1, 0.15) is 0 Å². The summed E-state index contributed by atoms with van der Waals surface area (Å²) in [5.74, 6) is 0.455. The minimum atomic E-state index is -0.594. The molecule has 3 heterocycles. The van der Waals surface area contributed by atoms with Crippen LogP contribution in [0.4, 0.5) is 0 Å². The number of halogens is 1. The minimum absolute atomic E-state index is 0.0605. The van der Waals surface area contributed by atoms with E-state index in [0.29, 0.717) is 22.7 Å². The van der Waals surface area contributed by atoms with Gasteiger partial charge in [-0.25, -0.2) is 0 Å². The third-order valence-electron chi connectivity index (χ3n) is 5.63. The zero-order valence-corrected chi connectivity index (χ0v) is 19.2. The number of likely N-dealkylation sites (N-methyl/N-ethyl adjacent to an activating group) is 1. The van der Waals surface area contributed by atoms with Crippen LogP contribution in [0.25, 0.3) is 22.3 Å². The molecule has 0 atom stereocenters. The van der Waals surface area contributed by atoms with Crippen molar-refractivity contribution in [2.45, 2.75) is 25.9 Å². The second kappa shape index (κ2) is 10.3. The first kappa shape index (κ1) is 23.2. The van der Waals surface area contributed by atoms with Crippen molar-refractivity contribution in [2.75, 3.05) is 33.4 Å². The number of para-hydroxylation sites is 1. The van der Waals surface area contributed by atoms with Gasteiger partial charge in [0, 0.05) is 36.9 Å². The van der Waals surface area contributed by atoms with Gasteiger partial charge in [0.2, 0.25) is 23.5 Å². The van der Waals surface area contributed by atoms with Gasteiger partial charge in [0.15, 0.2) is 0 Å². The Hall–Kier alpha value is -2.95. The van der Waals surface area contributed by atoms with E-state index in [2.05, 4.69) is 20.0 Å². The van der Waals surface area contributed by atoms with Gasteiger partial charge in [-0.3, -0.25) is 14.5 Å². The van der Waals surface area contributed by atoms with E-state index in [9.17, 15) is 9.59 Å². The number of rotatable bonds is 9. The van der Waals surface area contributed by atoms with E-state index < -0.39 is 5.91 Å². The second-order valence-corrected chi connectivity index (χ2v) is 8.72. The molecule has 1 aromatic carbocycles.